The molecule has 0 aliphatic rings. The van der Waals surface area contributed by atoms with Gasteiger partial charge in [0, 0.05) is 27.2 Å². The van der Waals surface area contributed by atoms with Crippen LogP contribution in [0.2, 0.25) is 0 Å². The molecule has 0 radical (unpaired) electrons. The van der Waals surface area contributed by atoms with Crippen LogP contribution in [0.1, 0.15) is 23.4 Å². The van der Waals surface area contributed by atoms with E-state index in [1.807, 2.05) is 19.1 Å². The number of rotatable bonds is 7. The van der Waals surface area contributed by atoms with Gasteiger partial charge in [-0.1, -0.05) is 19.1 Å². The summed E-state index contributed by atoms with van der Waals surface area (Å²) >= 11 is 5.15. The molecule has 114 valence electrons. The molecule has 6 heteroatoms. The molecular weight excluding hydrogens is 360 g/mol. The molecule has 0 saturated heterocycles. The summed E-state index contributed by atoms with van der Waals surface area (Å²) < 4.78 is 29.8. The molecule has 2 aromatic rings. The van der Waals surface area contributed by atoms with Crippen molar-refractivity contribution in [1.82, 2.24) is 5.32 Å². The van der Waals surface area contributed by atoms with Crippen LogP contribution in [0, 0.1) is 0 Å². The minimum absolute atomic E-state index is 0.154. The zero-order valence-corrected chi connectivity index (χ0v) is 13.9. The van der Waals surface area contributed by atoms with Crippen molar-refractivity contribution in [3.63, 3.8) is 0 Å². The molecule has 1 unspecified atom stereocenters. The molecule has 0 amide bonds. The van der Waals surface area contributed by atoms with E-state index in [1.54, 1.807) is 23.5 Å². The predicted octanol–water partition coefficient (Wildman–Crippen LogP) is 5.01. The molecule has 0 saturated carbocycles. The van der Waals surface area contributed by atoms with Crippen molar-refractivity contribution < 1.29 is 13.5 Å². The first-order chi connectivity index (χ1) is 10.1. The quantitative estimate of drug-likeness (QED) is 0.734. The normalized spacial score (nSPS) is 12.6. The molecule has 0 bridgehead atoms. The highest BCUT2D eigenvalue weighted by Gasteiger charge is 2.13. The number of thiophene rings is 1. The molecule has 0 aliphatic carbocycles. The molecule has 1 atom stereocenters. The van der Waals surface area contributed by atoms with Gasteiger partial charge in [-0.05, 0) is 46.2 Å². The Hall–Kier alpha value is -0.980. The lowest BCUT2D eigenvalue weighted by Crippen LogP contribution is -2.22. The fourth-order valence-electron chi connectivity index (χ4n) is 2.10. The monoisotopic (exact) mass is 375 g/mol. The van der Waals surface area contributed by atoms with Crippen LogP contribution < -0.4 is 10.1 Å². The molecule has 1 N–H and O–H groups in total. The average molecular weight is 376 g/mol. The van der Waals surface area contributed by atoms with Gasteiger partial charge in [0.1, 0.15) is 5.75 Å². The number of halogens is 3. The number of hydrogen-bond donors (Lipinski definition) is 1. The van der Waals surface area contributed by atoms with Gasteiger partial charge in [0.25, 0.3) is 0 Å². The van der Waals surface area contributed by atoms with E-state index < -0.39 is 6.61 Å². The fraction of sp³-hybridized carbons (Fsp3) is 0.333. The highest BCUT2D eigenvalue weighted by Crippen LogP contribution is 2.27. The molecule has 0 fully saturated rings. The second-order valence-electron chi connectivity index (χ2n) is 4.49. The molecule has 2 nitrogen and oxygen atoms in total. The summed E-state index contributed by atoms with van der Waals surface area (Å²) in [6, 6.07) is 9.07. The second-order valence-corrected chi connectivity index (χ2v) is 6.40. The van der Waals surface area contributed by atoms with Crippen LogP contribution in [0.3, 0.4) is 0 Å². The molecule has 1 aromatic carbocycles. The Labute approximate surface area is 135 Å². The van der Waals surface area contributed by atoms with Crippen LogP contribution in [0.25, 0.3) is 0 Å². The topological polar surface area (TPSA) is 21.3 Å². The van der Waals surface area contributed by atoms with Gasteiger partial charge in [-0.25, -0.2) is 0 Å². The van der Waals surface area contributed by atoms with Crippen LogP contribution >= 0.6 is 27.3 Å². The molecular formula is C15H16BrF2NOS. The largest absolute Gasteiger partial charge is 0.435 e. The number of nitrogens with one attached hydrogen (secondary N) is 1. The van der Waals surface area contributed by atoms with Gasteiger partial charge in [-0.15, -0.1) is 11.3 Å². The zero-order chi connectivity index (χ0) is 15.2. The lowest BCUT2D eigenvalue weighted by atomic mass is 10.0. The van der Waals surface area contributed by atoms with E-state index in [9.17, 15) is 8.78 Å². The van der Waals surface area contributed by atoms with E-state index in [2.05, 4.69) is 37.4 Å². The van der Waals surface area contributed by atoms with E-state index in [1.165, 1.54) is 4.88 Å². The van der Waals surface area contributed by atoms with Crippen LogP contribution in [0.15, 0.2) is 40.2 Å². The van der Waals surface area contributed by atoms with Crippen molar-refractivity contribution in [1.29, 1.82) is 0 Å². The Morgan fingerprint density at radius 1 is 1.29 bits per heavy atom. The summed E-state index contributed by atoms with van der Waals surface area (Å²) in [7, 11) is 0. The first-order valence-electron chi connectivity index (χ1n) is 6.59. The van der Waals surface area contributed by atoms with Gasteiger partial charge < -0.3 is 10.1 Å². The summed E-state index contributed by atoms with van der Waals surface area (Å²) in [6.07, 6.45) is 0.860. The van der Waals surface area contributed by atoms with Gasteiger partial charge in [0.2, 0.25) is 0 Å². The lowest BCUT2D eigenvalue weighted by Gasteiger charge is -2.18. The van der Waals surface area contributed by atoms with E-state index in [0.717, 1.165) is 23.0 Å². The molecule has 0 spiro atoms. The molecule has 0 aliphatic heterocycles. The Morgan fingerprint density at radius 3 is 2.52 bits per heavy atom. The van der Waals surface area contributed by atoms with E-state index in [4.69, 9.17) is 0 Å². The number of ether oxygens (including phenoxy) is 1. The third-order valence-electron chi connectivity index (χ3n) is 2.99. The Kier molecular flexibility index (Phi) is 6.14. The first kappa shape index (κ1) is 16.4. The number of likely N-dealkylation sites (N-methyl/N-ethyl adjacent to an activating group) is 1. The third kappa shape index (κ3) is 5.05. The minimum Gasteiger partial charge on any atom is -0.435 e. The van der Waals surface area contributed by atoms with Gasteiger partial charge in [0.05, 0.1) is 0 Å². The van der Waals surface area contributed by atoms with E-state index >= 15 is 0 Å². The van der Waals surface area contributed by atoms with Crippen LogP contribution in [-0.4, -0.2) is 13.2 Å². The first-order valence-corrected chi connectivity index (χ1v) is 8.26. The molecule has 1 aromatic heterocycles. The third-order valence-corrected chi connectivity index (χ3v) is 4.71. The van der Waals surface area contributed by atoms with Crippen LogP contribution in [-0.2, 0) is 6.42 Å². The molecule has 1 heterocycles. The number of hydrogen-bond acceptors (Lipinski definition) is 3. The van der Waals surface area contributed by atoms with Crippen molar-refractivity contribution in [2.75, 3.05) is 6.54 Å². The highest BCUT2D eigenvalue weighted by atomic mass is 79.9. The fourth-order valence-corrected chi connectivity index (χ4v) is 3.60. The predicted molar refractivity (Wildman–Crippen MR) is 85.2 cm³/mol. The van der Waals surface area contributed by atoms with Crippen LogP contribution in [0.5, 0.6) is 5.75 Å². The highest BCUT2D eigenvalue weighted by molar-refractivity contribution is 9.10. The van der Waals surface area contributed by atoms with Crippen molar-refractivity contribution in [2.24, 2.45) is 0 Å². The standard InChI is InChI=1S/C15H16BrF2NOS/c1-2-19-14(8-13-7-11(16)9-21-13)10-3-5-12(6-4-10)20-15(17)18/h3-7,9,14-15,19H,2,8H2,1H3. The maximum atomic E-state index is 12.2. The SMILES string of the molecule is CCNC(Cc1cc(Br)cs1)c1ccc(OC(F)F)cc1. The van der Waals surface area contributed by atoms with Gasteiger partial charge >= 0.3 is 6.61 Å². The van der Waals surface area contributed by atoms with Crippen LogP contribution in [0.4, 0.5) is 8.78 Å². The second kappa shape index (κ2) is 7.87. The number of alkyl halides is 2. The maximum absolute atomic E-state index is 12.2. The Morgan fingerprint density at radius 2 is 2.00 bits per heavy atom. The summed E-state index contributed by atoms with van der Waals surface area (Å²) in [6.45, 7) is 0.0989. The van der Waals surface area contributed by atoms with Crippen molar-refractivity contribution in [3.8, 4) is 5.75 Å². The molecule has 21 heavy (non-hydrogen) atoms. The zero-order valence-electron chi connectivity index (χ0n) is 11.5. The minimum atomic E-state index is -2.79. The summed E-state index contributed by atoms with van der Waals surface area (Å²) in [5.74, 6) is 0.183. The summed E-state index contributed by atoms with van der Waals surface area (Å²) in [4.78, 5) is 1.26. The molecule has 2 rings (SSSR count). The van der Waals surface area contributed by atoms with Gasteiger partial charge in [-0.2, -0.15) is 8.78 Å². The maximum Gasteiger partial charge on any atom is 0.387 e. The van der Waals surface area contributed by atoms with E-state index in [0.29, 0.717) is 0 Å². The summed E-state index contributed by atoms with van der Waals surface area (Å²) in [5, 5.41) is 5.47. The van der Waals surface area contributed by atoms with Crippen molar-refractivity contribution >= 4 is 27.3 Å². The smallest absolute Gasteiger partial charge is 0.387 e. The van der Waals surface area contributed by atoms with Crippen molar-refractivity contribution in [2.45, 2.75) is 26.0 Å². The van der Waals surface area contributed by atoms with Gasteiger partial charge in [0.15, 0.2) is 0 Å². The Balaban J connectivity index is 2.10. The summed E-state index contributed by atoms with van der Waals surface area (Å²) in [5.41, 5.74) is 1.06. The van der Waals surface area contributed by atoms with Crippen molar-refractivity contribution in [3.05, 3.63) is 50.6 Å². The average Bonchev–Trinajstić information content (AvgIpc) is 2.84. The number of benzene rings is 1. The van der Waals surface area contributed by atoms with E-state index in [-0.39, 0.29) is 11.8 Å². The van der Waals surface area contributed by atoms with Gasteiger partial charge in [-0.3, -0.25) is 0 Å². The lowest BCUT2D eigenvalue weighted by molar-refractivity contribution is -0.0498. The Bertz CT molecular complexity index is 559.